The van der Waals surface area contributed by atoms with Crippen molar-refractivity contribution < 1.29 is 36.6 Å². The Balaban J connectivity index is 1.55. The summed E-state index contributed by atoms with van der Waals surface area (Å²) in [5.41, 5.74) is 1.14. The number of aromatic nitrogens is 1. The van der Waals surface area contributed by atoms with E-state index in [-0.39, 0.29) is 25.4 Å². The van der Waals surface area contributed by atoms with E-state index < -0.39 is 29.6 Å². The number of rotatable bonds is 11. The van der Waals surface area contributed by atoms with Gasteiger partial charge in [-0.3, -0.25) is 0 Å². The van der Waals surface area contributed by atoms with Crippen LogP contribution >= 0.6 is 11.3 Å². The summed E-state index contributed by atoms with van der Waals surface area (Å²) >= 11 is 1.31. The highest BCUT2D eigenvalue weighted by atomic mass is 32.1. The van der Waals surface area contributed by atoms with Crippen LogP contribution in [0, 0.1) is 5.82 Å². The van der Waals surface area contributed by atoms with Crippen LogP contribution in [0.4, 0.5) is 17.6 Å². The van der Waals surface area contributed by atoms with Gasteiger partial charge in [0.05, 0.1) is 24.5 Å². The van der Waals surface area contributed by atoms with Crippen molar-refractivity contribution in [3.8, 4) is 16.3 Å². The first-order valence-electron chi connectivity index (χ1n) is 11.0. The minimum atomic E-state index is -4.39. The number of carbonyl (C=O) groups excluding carboxylic acids is 1. The molecule has 1 aromatic heterocycles. The van der Waals surface area contributed by atoms with Crippen molar-refractivity contribution in [2.75, 3.05) is 19.8 Å². The third-order valence-corrected chi connectivity index (χ3v) is 5.90. The van der Waals surface area contributed by atoms with Crippen molar-refractivity contribution >= 4 is 17.3 Å². The highest BCUT2D eigenvalue weighted by molar-refractivity contribution is 7.13. The summed E-state index contributed by atoms with van der Waals surface area (Å²) in [5, 5.41) is 2.38. The standard InChI is InChI=1S/C25H25F4NO4S/c1-3-32-22(24(31)33-4-2)14-16-5-10-21(20(26)13-16)34-12-11-19-15-35-23(30-19)17-6-8-18(9-7-17)25(27,28)29/h5-10,13,15,22H,3-4,11-12,14H2,1-2H3. The van der Waals surface area contributed by atoms with Crippen LogP contribution in [0.15, 0.2) is 47.8 Å². The summed E-state index contributed by atoms with van der Waals surface area (Å²) in [7, 11) is 0. The number of benzene rings is 2. The van der Waals surface area contributed by atoms with Gasteiger partial charge in [-0.2, -0.15) is 13.2 Å². The number of halogens is 4. The highest BCUT2D eigenvalue weighted by Crippen LogP contribution is 2.32. The molecular weight excluding hydrogens is 486 g/mol. The molecule has 0 spiro atoms. The minimum Gasteiger partial charge on any atom is -0.490 e. The fourth-order valence-electron chi connectivity index (χ4n) is 3.27. The first-order valence-corrected chi connectivity index (χ1v) is 11.9. The summed E-state index contributed by atoms with van der Waals surface area (Å²) in [5.74, 6) is -0.990. The smallest absolute Gasteiger partial charge is 0.416 e. The van der Waals surface area contributed by atoms with Gasteiger partial charge in [-0.05, 0) is 43.7 Å². The van der Waals surface area contributed by atoms with Crippen LogP contribution in [0.3, 0.4) is 0 Å². The average molecular weight is 512 g/mol. The van der Waals surface area contributed by atoms with Crippen LogP contribution in [0.2, 0.25) is 0 Å². The Kier molecular flexibility index (Phi) is 9.22. The topological polar surface area (TPSA) is 57.7 Å². The Morgan fingerprint density at radius 1 is 1.09 bits per heavy atom. The molecule has 0 aliphatic carbocycles. The molecule has 5 nitrogen and oxygen atoms in total. The summed E-state index contributed by atoms with van der Waals surface area (Å²) in [6, 6.07) is 9.27. The molecule has 0 aliphatic rings. The summed E-state index contributed by atoms with van der Waals surface area (Å²) in [6.45, 7) is 4.18. The van der Waals surface area contributed by atoms with E-state index in [0.29, 0.717) is 34.9 Å². The normalized spacial score (nSPS) is 12.4. The molecule has 3 aromatic rings. The molecule has 1 heterocycles. The van der Waals surface area contributed by atoms with E-state index in [1.807, 2.05) is 0 Å². The van der Waals surface area contributed by atoms with Gasteiger partial charge in [0.25, 0.3) is 0 Å². The van der Waals surface area contributed by atoms with E-state index in [2.05, 4.69) is 4.98 Å². The molecule has 0 saturated carbocycles. The minimum absolute atomic E-state index is 0.0658. The molecule has 1 unspecified atom stereocenters. The zero-order valence-electron chi connectivity index (χ0n) is 19.2. The Bertz CT molecular complexity index is 1120. The lowest BCUT2D eigenvalue weighted by Crippen LogP contribution is -2.29. The summed E-state index contributed by atoms with van der Waals surface area (Å²) in [4.78, 5) is 16.4. The Morgan fingerprint density at radius 2 is 1.83 bits per heavy atom. The second kappa shape index (κ2) is 12.1. The van der Waals surface area contributed by atoms with Crippen molar-refractivity contribution in [2.45, 2.75) is 39.0 Å². The summed E-state index contributed by atoms with van der Waals surface area (Å²) < 4.78 is 68.7. The molecule has 0 saturated heterocycles. The lowest BCUT2D eigenvalue weighted by Gasteiger charge is -2.16. The van der Waals surface area contributed by atoms with Crippen molar-refractivity contribution in [2.24, 2.45) is 0 Å². The van der Waals surface area contributed by atoms with Crippen molar-refractivity contribution in [3.63, 3.8) is 0 Å². The lowest BCUT2D eigenvalue weighted by atomic mass is 10.1. The van der Waals surface area contributed by atoms with Gasteiger partial charge in [0, 0.05) is 30.4 Å². The van der Waals surface area contributed by atoms with Crippen molar-refractivity contribution in [1.82, 2.24) is 4.98 Å². The molecule has 3 rings (SSSR count). The number of esters is 1. The second-order valence-corrected chi connectivity index (χ2v) is 8.34. The third kappa shape index (κ3) is 7.50. The first-order chi connectivity index (χ1) is 16.7. The predicted octanol–water partition coefficient (Wildman–Crippen LogP) is 6.10. The van der Waals surface area contributed by atoms with Gasteiger partial charge in [0.1, 0.15) is 5.01 Å². The summed E-state index contributed by atoms with van der Waals surface area (Å²) in [6.07, 6.45) is -4.62. The van der Waals surface area contributed by atoms with Crippen LogP contribution in [-0.2, 0) is 33.3 Å². The van der Waals surface area contributed by atoms with E-state index in [1.54, 1.807) is 25.3 Å². The van der Waals surface area contributed by atoms with Gasteiger partial charge >= 0.3 is 12.1 Å². The van der Waals surface area contributed by atoms with Gasteiger partial charge in [-0.15, -0.1) is 11.3 Å². The van der Waals surface area contributed by atoms with Crippen molar-refractivity contribution in [1.29, 1.82) is 0 Å². The largest absolute Gasteiger partial charge is 0.490 e. The molecule has 0 bridgehead atoms. The lowest BCUT2D eigenvalue weighted by molar-refractivity contribution is -0.156. The highest BCUT2D eigenvalue weighted by Gasteiger charge is 2.30. The van der Waals surface area contributed by atoms with Gasteiger partial charge in [-0.25, -0.2) is 14.2 Å². The molecule has 0 aliphatic heterocycles. The number of alkyl halides is 3. The zero-order chi connectivity index (χ0) is 25.4. The van der Waals surface area contributed by atoms with Crippen molar-refractivity contribution in [3.05, 3.63) is 70.5 Å². The van der Waals surface area contributed by atoms with Crippen LogP contribution in [0.5, 0.6) is 5.75 Å². The fraction of sp³-hybridized carbons (Fsp3) is 0.360. The van der Waals surface area contributed by atoms with Gasteiger partial charge in [0.2, 0.25) is 0 Å². The van der Waals surface area contributed by atoms with E-state index in [4.69, 9.17) is 14.2 Å². The number of hydrogen-bond acceptors (Lipinski definition) is 6. The third-order valence-electron chi connectivity index (χ3n) is 4.96. The second-order valence-electron chi connectivity index (χ2n) is 7.48. The molecule has 10 heteroatoms. The molecule has 0 N–H and O–H groups in total. The van der Waals surface area contributed by atoms with E-state index in [9.17, 15) is 22.4 Å². The Morgan fingerprint density at radius 3 is 2.46 bits per heavy atom. The van der Waals surface area contributed by atoms with Crippen LogP contribution in [0.1, 0.15) is 30.7 Å². The number of ether oxygens (including phenoxy) is 3. The molecule has 188 valence electrons. The van der Waals surface area contributed by atoms with Crippen LogP contribution < -0.4 is 4.74 Å². The maximum atomic E-state index is 14.5. The molecule has 35 heavy (non-hydrogen) atoms. The molecule has 2 aromatic carbocycles. The molecule has 0 fully saturated rings. The van der Waals surface area contributed by atoms with E-state index >= 15 is 0 Å². The van der Waals surface area contributed by atoms with Crippen LogP contribution in [0.25, 0.3) is 10.6 Å². The number of carbonyl (C=O) groups is 1. The maximum absolute atomic E-state index is 14.5. The Labute approximate surface area is 204 Å². The maximum Gasteiger partial charge on any atom is 0.416 e. The van der Waals surface area contributed by atoms with Gasteiger partial charge < -0.3 is 14.2 Å². The predicted molar refractivity (Wildman–Crippen MR) is 124 cm³/mol. The van der Waals surface area contributed by atoms with Gasteiger partial charge in [-0.1, -0.05) is 18.2 Å². The quantitative estimate of drug-likeness (QED) is 0.230. The average Bonchev–Trinajstić information content (AvgIpc) is 3.29. The zero-order valence-corrected chi connectivity index (χ0v) is 20.0. The van der Waals surface area contributed by atoms with Gasteiger partial charge in [0.15, 0.2) is 17.7 Å². The Hall–Kier alpha value is -2.98. The number of hydrogen-bond donors (Lipinski definition) is 0. The first kappa shape index (κ1) is 26.6. The van der Waals surface area contributed by atoms with E-state index in [0.717, 1.165) is 12.1 Å². The van der Waals surface area contributed by atoms with E-state index in [1.165, 1.54) is 35.6 Å². The monoisotopic (exact) mass is 511 g/mol. The fourth-order valence-corrected chi connectivity index (χ4v) is 4.13. The molecule has 0 amide bonds. The molecule has 1 atom stereocenters. The molecule has 0 radical (unpaired) electrons. The number of nitrogens with zero attached hydrogens (tertiary/aromatic N) is 1. The number of thiazole rings is 1. The molecular formula is C25H25F4NO4S. The van der Waals surface area contributed by atoms with Crippen LogP contribution in [-0.4, -0.2) is 36.9 Å². The SMILES string of the molecule is CCOC(=O)C(Cc1ccc(OCCc2csc(-c3ccc(C(F)(F)F)cc3)n2)c(F)c1)OCC.